The maximum Gasteiger partial charge on any atom is 0.258 e. The van der Waals surface area contributed by atoms with Gasteiger partial charge in [-0.2, -0.15) is 0 Å². The smallest absolute Gasteiger partial charge is 0.258 e. The highest BCUT2D eigenvalue weighted by Crippen LogP contribution is 2.26. The number of hydrogen-bond donors (Lipinski definition) is 1. The minimum atomic E-state index is -0.188. The van der Waals surface area contributed by atoms with Crippen molar-refractivity contribution in [2.24, 2.45) is 0 Å². The molecular weight excluding hydrogens is 398 g/mol. The third-order valence-corrected chi connectivity index (χ3v) is 4.97. The van der Waals surface area contributed by atoms with Crippen LogP contribution in [0.4, 0.5) is 5.13 Å². The largest absolute Gasteiger partial charge is 0.298 e. The minimum Gasteiger partial charge on any atom is -0.298 e. The molecule has 0 aliphatic carbocycles. The first-order valence-electron chi connectivity index (χ1n) is 7.57. The van der Waals surface area contributed by atoms with Crippen LogP contribution in [0.5, 0.6) is 0 Å². The van der Waals surface area contributed by atoms with Gasteiger partial charge in [0.2, 0.25) is 0 Å². The number of anilines is 1. The first-order chi connectivity index (χ1) is 12.2. The number of para-hydroxylation sites is 1. The van der Waals surface area contributed by atoms with E-state index in [4.69, 9.17) is 4.98 Å². The van der Waals surface area contributed by atoms with E-state index in [0.29, 0.717) is 10.7 Å². The van der Waals surface area contributed by atoms with Crippen molar-refractivity contribution in [2.45, 2.75) is 0 Å². The lowest BCUT2D eigenvalue weighted by atomic mass is 10.0. The Morgan fingerprint density at radius 3 is 2.64 bits per heavy atom. The molecular formula is C19H12BrN3OS. The number of nitrogens with one attached hydrogen (secondary N) is 1. The number of rotatable bonds is 3. The summed E-state index contributed by atoms with van der Waals surface area (Å²) in [5.74, 6) is -0.188. The van der Waals surface area contributed by atoms with E-state index in [1.165, 1.54) is 11.3 Å². The van der Waals surface area contributed by atoms with Gasteiger partial charge in [-0.15, -0.1) is 11.3 Å². The predicted molar refractivity (Wildman–Crippen MR) is 105 cm³/mol. The van der Waals surface area contributed by atoms with Crippen LogP contribution in [0.3, 0.4) is 0 Å². The number of nitrogens with zero attached hydrogens (tertiary/aromatic N) is 2. The van der Waals surface area contributed by atoms with E-state index in [1.807, 2.05) is 60.0 Å². The fraction of sp³-hybridized carbons (Fsp3) is 0. The van der Waals surface area contributed by atoms with Crippen molar-refractivity contribution in [3.63, 3.8) is 0 Å². The van der Waals surface area contributed by atoms with Crippen LogP contribution >= 0.6 is 27.3 Å². The molecule has 2 heterocycles. The van der Waals surface area contributed by atoms with Gasteiger partial charge in [-0.3, -0.25) is 10.1 Å². The first kappa shape index (κ1) is 15.9. The molecule has 2 aromatic carbocycles. The van der Waals surface area contributed by atoms with Crippen LogP contribution in [0.2, 0.25) is 0 Å². The third kappa shape index (κ3) is 3.31. The van der Waals surface area contributed by atoms with Crippen molar-refractivity contribution in [2.75, 3.05) is 5.32 Å². The average molecular weight is 410 g/mol. The number of thiazole rings is 1. The molecule has 0 atom stereocenters. The van der Waals surface area contributed by atoms with Crippen LogP contribution in [-0.4, -0.2) is 15.9 Å². The van der Waals surface area contributed by atoms with Gasteiger partial charge in [-0.25, -0.2) is 9.97 Å². The van der Waals surface area contributed by atoms with Crippen LogP contribution in [0.25, 0.3) is 22.2 Å². The Balaban J connectivity index is 1.84. The van der Waals surface area contributed by atoms with Gasteiger partial charge >= 0.3 is 0 Å². The molecule has 1 amide bonds. The van der Waals surface area contributed by atoms with Crippen LogP contribution in [0, 0.1) is 0 Å². The van der Waals surface area contributed by atoms with Gasteiger partial charge in [0, 0.05) is 27.0 Å². The lowest BCUT2D eigenvalue weighted by Crippen LogP contribution is -2.12. The summed E-state index contributed by atoms with van der Waals surface area (Å²) in [5.41, 5.74) is 3.08. The fourth-order valence-corrected chi connectivity index (χ4v) is 3.37. The zero-order chi connectivity index (χ0) is 17.2. The van der Waals surface area contributed by atoms with E-state index in [2.05, 4.69) is 26.2 Å². The van der Waals surface area contributed by atoms with E-state index in [9.17, 15) is 4.79 Å². The van der Waals surface area contributed by atoms with Gasteiger partial charge in [-0.1, -0.05) is 46.3 Å². The van der Waals surface area contributed by atoms with Gasteiger partial charge in [0.15, 0.2) is 5.13 Å². The Morgan fingerprint density at radius 2 is 1.88 bits per heavy atom. The molecule has 0 aliphatic heterocycles. The standard InChI is InChI=1S/C19H12BrN3OS/c20-13-7-5-12(6-8-13)17-11-15(14-3-1-2-4-16(14)22-17)18(24)23-19-21-9-10-25-19/h1-11H,(H,21,23,24). The molecule has 1 N–H and O–H groups in total. The lowest BCUT2D eigenvalue weighted by Gasteiger charge is -2.09. The number of hydrogen-bond acceptors (Lipinski definition) is 4. The van der Waals surface area contributed by atoms with Gasteiger partial charge in [0.05, 0.1) is 16.8 Å². The number of fused-ring (bicyclic) bond motifs is 1. The minimum absolute atomic E-state index is 0.188. The summed E-state index contributed by atoms with van der Waals surface area (Å²) in [4.78, 5) is 21.6. The molecule has 0 radical (unpaired) electrons. The van der Waals surface area contributed by atoms with Crippen molar-refractivity contribution in [1.29, 1.82) is 0 Å². The van der Waals surface area contributed by atoms with Crippen molar-refractivity contribution in [1.82, 2.24) is 9.97 Å². The Kier molecular flexibility index (Phi) is 4.29. The van der Waals surface area contributed by atoms with E-state index in [1.54, 1.807) is 6.20 Å². The number of carbonyl (C=O) groups is 1. The molecule has 0 unspecified atom stereocenters. The molecule has 4 aromatic rings. The Labute approximate surface area is 156 Å². The topological polar surface area (TPSA) is 54.9 Å². The zero-order valence-electron chi connectivity index (χ0n) is 12.9. The summed E-state index contributed by atoms with van der Waals surface area (Å²) in [6, 6.07) is 17.3. The van der Waals surface area contributed by atoms with Crippen molar-refractivity contribution in [3.8, 4) is 11.3 Å². The molecule has 0 saturated carbocycles. The number of halogens is 1. The normalized spacial score (nSPS) is 10.8. The predicted octanol–water partition coefficient (Wildman–Crippen LogP) is 5.37. The Morgan fingerprint density at radius 1 is 1.08 bits per heavy atom. The molecule has 4 rings (SSSR count). The van der Waals surface area contributed by atoms with E-state index < -0.39 is 0 Å². The first-order valence-corrected chi connectivity index (χ1v) is 9.24. The lowest BCUT2D eigenvalue weighted by molar-refractivity contribution is 0.102. The van der Waals surface area contributed by atoms with Crippen LogP contribution in [-0.2, 0) is 0 Å². The number of amides is 1. The number of carbonyl (C=O) groups excluding carboxylic acids is 1. The Hall–Kier alpha value is -2.57. The van der Waals surface area contributed by atoms with E-state index in [-0.39, 0.29) is 5.91 Å². The quantitative estimate of drug-likeness (QED) is 0.494. The number of pyridine rings is 1. The molecule has 0 spiro atoms. The summed E-state index contributed by atoms with van der Waals surface area (Å²) in [5, 5.41) is 6.08. The monoisotopic (exact) mass is 409 g/mol. The van der Waals surface area contributed by atoms with Crippen molar-refractivity contribution in [3.05, 3.63) is 76.2 Å². The molecule has 25 heavy (non-hydrogen) atoms. The van der Waals surface area contributed by atoms with Crippen molar-refractivity contribution >= 4 is 49.2 Å². The molecule has 6 heteroatoms. The summed E-state index contributed by atoms with van der Waals surface area (Å²) in [6.45, 7) is 0. The summed E-state index contributed by atoms with van der Waals surface area (Å²) in [6.07, 6.45) is 1.66. The molecule has 0 saturated heterocycles. The van der Waals surface area contributed by atoms with Gasteiger partial charge in [0.1, 0.15) is 0 Å². The highest BCUT2D eigenvalue weighted by Gasteiger charge is 2.15. The summed E-state index contributed by atoms with van der Waals surface area (Å²) >= 11 is 4.83. The van der Waals surface area contributed by atoms with Crippen LogP contribution in [0.1, 0.15) is 10.4 Å². The maximum absolute atomic E-state index is 12.8. The highest BCUT2D eigenvalue weighted by molar-refractivity contribution is 9.10. The average Bonchev–Trinajstić information content (AvgIpc) is 3.14. The second-order valence-corrected chi connectivity index (χ2v) is 7.18. The SMILES string of the molecule is O=C(Nc1nccs1)c1cc(-c2ccc(Br)cc2)nc2ccccc12. The fourth-order valence-electron chi connectivity index (χ4n) is 2.58. The molecule has 4 nitrogen and oxygen atoms in total. The molecule has 0 bridgehead atoms. The van der Waals surface area contributed by atoms with Crippen LogP contribution < -0.4 is 5.32 Å². The maximum atomic E-state index is 12.8. The van der Waals surface area contributed by atoms with E-state index >= 15 is 0 Å². The summed E-state index contributed by atoms with van der Waals surface area (Å²) < 4.78 is 0.999. The highest BCUT2D eigenvalue weighted by atomic mass is 79.9. The molecule has 122 valence electrons. The molecule has 0 aliphatic rings. The van der Waals surface area contributed by atoms with Crippen molar-refractivity contribution < 1.29 is 4.79 Å². The number of aromatic nitrogens is 2. The van der Waals surface area contributed by atoms with E-state index in [0.717, 1.165) is 26.6 Å². The number of benzene rings is 2. The molecule has 0 fully saturated rings. The second-order valence-electron chi connectivity index (χ2n) is 5.37. The van der Waals surface area contributed by atoms with Gasteiger partial charge in [0.25, 0.3) is 5.91 Å². The molecule has 2 aromatic heterocycles. The zero-order valence-corrected chi connectivity index (χ0v) is 15.3. The van der Waals surface area contributed by atoms with Gasteiger partial charge in [-0.05, 0) is 24.3 Å². The van der Waals surface area contributed by atoms with Gasteiger partial charge < -0.3 is 0 Å². The second kappa shape index (κ2) is 6.74. The third-order valence-electron chi connectivity index (χ3n) is 3.75. The Bertz CT molecular complexity index is 1050. The summed E-state index contributed by atoms with van der Waals surface area (Å²) in [7, 11) is 0. The van der Waals surface area contributed by atoms with Crippen LogP contribution in [0.15, 0.2) is 70.6 Å².